The molecule has 2 atom stereocenters. The van der Waals surface area contributed by atoms with Gasteiger partial charge in [0.15, 0.2) is 0 Å². The third-order valence-corrected chi connectivity index (χ3v) is 6.45. The van der Waals surface area contributed by atoms with Crippen molar-refractivity contribution in [1.29, 1.82) is 0 Å². The van der Waals surface area contributed by atoms with E-state index in [4.69, 9.17) is 14.2 Å². The molecule has 2 heterocycles. The van der Waals surface area contributed by atoms with Crippen molar-refractivity contribution in [3.8, 4) is 0 Å². The summed E-state index contributed by atoms with van der Waals surface area (Å²) in [5.41, 5.74) is -0.727. The van der Waals surface area contributed by atoms with Crippen LogP contribution in [0.4, 0.5) is 4.79 Å². The number of carbonyl (C=O) groups excluding carboxylic acids is 4. The molecule has 0 aromatic heterocycles. The van der Waals surface area contributed by atoms with Gasteiger partial charge < -0.3 is 24.0 Å². The first-order valence-corrected chi connectivity index (χ1v) is 11.8. The van der Waals surface area contributed by atoms with E-state index >= 15 is 0 Å². The van der Waals surface area contributed by atoms with Crippen LogP contribution in [0.2, 0.25) is 0 Å². The lowest BCUT2D eigenvalue weighted by molar-refractivity contribution is -0.158. The number of hydrogen-bond donors (Lipinski definition) is 0. The Balaban J connectivity index is 1.68. The van der Waals surface area contributed by atoms with E-state index in [-0.39, 0.29) is 43.6 Å². The molecule has 0 aromatic rings. The molecular weight excluding hydrogens is 416 g/mol. The first kappa shape index (κ1) is 25.9. The van der Waals surface area contributed by atoms with Crippen LogP contribution in [0, 0.1) is 5.41 Å². The fourth-order valence-corrected chi connectivity index (χ4v) is 4.26. The summed E-state index contributed by atoms with van der Waals surface area (Å²) in [5, 5.41) is 0. The average Bonchev–Trinajstić information content (AvgIpc) is 3.04. The molecule has 9 heteroatoms. The second kappa shape index (κ2) is 12.6. The quantitative estimate of drug-likeness (QED) is 0.349. The van der Waals surface area contributed by atoms with Crippen LogP contribution in [0.3, 0.4) is 0 Å². The number of carbonyl (C=O) groups is 4. The van der Waals surface area contributed by atoms with Crippen molar-refractivity contribution in [1.82, 2.24) is 9.80 Å². The van der Waals surface area contributed by atoms with Crippen molar-refractivity contribution in [3.05, 3.63) is 0 Å². The van der Waals surface area contributed by atoms with E-state index in [0.717, 1.165) is 32.2 Å². The van der Waals surface area contributed by atoms with Crippen molar-refractivity contribution in [2.45, 2.75) is 78.2 Å². The second-order valence-corrected chi connectivity index (χ2v) is 8.93. The summed E-state index contributed by atoms with van der Waals surface area (Å²) in [6.45, 7) is 7.45. The van der Waals surface area contributed by atoms with Gasteiger partial charge >= 0.3 is 12.1 Å². The zero-order valence-electron chi connectivity index (χ0n) is 19.7. The van der Waals surface area contributed by atoms with Crippen LogP contribution in [0.5, 0.6) is 0 Å². The van der Waals surface area contributed by atoms with Gasteiger partial charge in [0.05, 0.1) is 12.0 Å². The molecule has 2 fully saturated rings. The highest BCUT2D eigenvalue weighted by Crippen LogP contribution is 2.31. The number of rotatable bonds is 11. The first-order chi connectivity index (χ1) is 15.3. The summed E-state index contributed by atoms with van der Waals surface area (Å²) in [7, 11) is 0. The van der Waals surface area contributed by atoms with Crippen molar-refractivity contribution in [2.75, 3.05) is 39.5 Å². The molecule has 182 valence electrons. The van der Waals surface area contributed by atoms with E-state index in [9.17, 15) is 19.2 Å². The van der Waals surface area contributed by atoms with Crippen molar-refractivity contribution < 1.29 is 33.4 Å². The molecular formula is C23H38N2O7. The minimum Gasteiger partial charge on any atom is -0.462 e. The molecule has 0 spiro atoms. The number of esters is 1. The molecule has 2 amide bonds. The van der Waals surface area contributed by atoms with Gasteiger partial charge in [-0.3, -0.25) is 14.4 Å². The summed E-state index contributed by atoms with van der Waals surface area (Å²) >= 11 is 0. The summed E-state index contributed by atoms with van der Waals surface area (Å²) in [5.74, 6) is -0.135. The Morgan fingerprint density at radius 3 is 2.31 bits per heavy atom. The van der Waals surface area contributed by atoms with Crippen molar-refractivity contribution in [3.63, 3.8) is 0 Å². The Morgan fingerprint density at radius 2 is 1.62 bits per heavy atom. The molecule has 9 nitrogen and oxygen atoms in total. The summed E-state index contributed by atoms with van der Waals surface area (Å²) in [6, 6.07) is -0.0492. The molecule has 0 N–H and O–H groups in total. The van der Waals surface area contributed by atoms with E-state index in [0.29, 0.717) is 38.8 Å². The number of nitrogens with zero attached hydrogens (tertiary/aromatic N) is 2. The van der Waals surface area contributed by atoms with E-state index in [1.165, 1.54) is 0 Å². The molecule has 2 rings (SSSR count). The third-order valence-electron chi connectivity index (χ3n) is 6.45. The van der Waals surface area contributed by atoms with Crippen LogP contribution in [0.15, 0.2) is 0 Å². The predicted octanol–water partition coefficient (Wildman–Crippen LogP) is 2.90. The molecule has 0 bridgehead atoms. The van der Waals surface area contributed by atoms with E-state index < -0.39 is 11.6 Å². The van der Waals surface area contributed by atoms with Gasteiger partial charge in [-0.2, -0.15) is 0 Å². The minimum absolute atomic E-state index is 0.0492. The van der Waals surface area contributed by atoms with Crippen LogP contribution in [-0.4, -0.2) is 79.2 Å². The van der Waals surface area contributed by atoms with Crippen LogP contribution in [0.25, 0.3) is 0 Å². The summed E-state index contributed by atoms with van der Waals surface area (Å²) < 4.78 is 15.3. The average molecular weight is 455 g/mol. The van der Waals surface area contributed by atoms with Crippen LogP contribution < -0.4 is 0 Å². The molecule has 0 radical (unpaired) electrons. The second-order valence-electron chi connectivity index (χ2n) is 8.93. The summed E-state index contributed by atoms with van der Waals surface area (Å²) in [4.78, 5) is 51.8. The lowest BCUT2D eigenvalue weighted by Crippen LogP contribution is -2.43. The number of ether oxygens (including phenoxy) is 3. The molecule has 2 aliphatic heterocycles. The van der Waals surface area contributed by atoms with Gasteiger partial charge in [0.2, 0.25) is 11.8 Å². The predicted molar refractivity (Wildman–Crippen MR) is 117 cm³/mol. The van der Waals surface area contributed by atoms with Crippen LogP contribution in [0.1, 0.15) is 72.1 Å². The van der Waals surface area contributed by atoms with Gasteiger partial charge in [-0.05, 0) is 46.0 Å². The highest BCUT2D eigenvalue weighted by Gasteiger charge is 2.37. The smallest absolute Gasteiger partial charge is 0.462 e. The lowest BCUT2D eigenvalue weighted by atomic mass is 9.81. The lowest BCUT2D eigenvalue weighted by Gasteiger charge is -2.35. The SMILES string of the molecule is CCC(C)(CC(C)N1CCCCCC1=O)C(=O)OCCOC(=O)OCCN1CCCC1=O. The monoisotopic (exact) mass is 454 g/mol. The topological polar surface area (TPSA) is 102 Å². The van der Waals surface area contributed by atoms with Gasteiger partial charge in [-0.15, -0.1) is 0 Å². The molecule has 2 unspecified atom stereocenters. The van der Waals surface area contributed by atoms with Crippen molar-refractivity contribution in [2.24, 2.45) is 5.41 Å². The Morgan fingerprint density at radius 1 is 0.938 bits per heavy atom. The van der Waals surface area contributed by atoms with Gasteiger partial charge in [0.1, 0.15) is 19.8 Å². The largest absolute Gasteiger partial charge is 0.508 e. The summed E-state index contributed by atoms with van der Waals surface area (Å²) in [6.07, 6.45) is 5.17. The van der Waals surface area contributed by atoms with Gasteiger partial charge in [0, 0.05) is 32.0 Å². The van der Waals surface area contributed by atoms with E-state index in [2.05, 4.69) is 0 Å². The molecule has 2 aliphatic rings. The Kier molecular flexibility index (Phi) is 10.3. The molecule has 0 aromatic carbocycles. The number of likely N-dealkylation sites (tertiary alicyclic amines) is 2. The molecule has 0 saturated carbocycles. The Labute approximate surface area is 190 Å². The molecule has 2 saturated heterocycles. The minimum atomic E-state index is -0.848. The van der Waals surface area contributed by atoms with E-state index in [1.54, 1.807) is 4.90 Å². The highest BCUT2D eigenvalue weighted by atomic mass is 16.7. The maximum Gasteiger partial charge on any atom is 0.508 e. The zero-order valence-corrected chi connectivity index (χ0v) is 19.7. The fourth-order valence-electron chi connectivity index (χ4n) is 4.26. The maximum absolute atomic E-state index is 12.7. The standard InChI is InChI=1S/C23H38N2O7/c1-4-23(3,17-18(2)25-12-7-5-6-9-20(25)27)21(28)30-15-16-32-22(29)31-14-13-24-11-8-10-19(24)26/h18H,4-17H2,1-3H3. The normalized spacial score (nSPS) is 19.8. The Hall–Kier alpha value is -2.32. The number of amides is 2. The van der Waals surface area contributed by atoms with Gasteiger partial charge in [-0.25, -0.2) is 4.79 Å². The van der Waals surface area contributed by atoms with E-state index in [1.807, 2.05) is 25.7 Å². The molecule has 0 aliphatic carbocycles. The van der Waals surface area contributed by atoms with Crippen molar-refractivity contribution >= 4 is 23.9 Å². The number of hydrogen-bond acceptors (Lipinski definition) is 7. The Bertz CT molecular complexity index is 669. The fraction of sp³-hybridized carbons (Fsp3) is 0.826. The highest BCUT2D eigenvalue weighted by molar-refractivity contribution is 5.78. The zero-order chi connectivity index (χ0) is 23.6. The third kappa shape index (κ3) is 7.67. The van der Waals surface area contributed by atoms with Gasteiger partial charge in [0.25, 0.3) is 0 Å². The van der Waals surface area contributed by atoms with Crippen LogP contribution >= 0.6 is 0 Å². The first-order valence-electron chi connectivity index (χ1n) is 11.8. The maximum atomic E-state index is 12.7. The van der Waals surface area contributed by atoms with Crippen LogP contribution in [-0.2, 0) is 28.6 Å². The molecule has 32 heavy (non-hydrogen) atoms. The van der Waals surface area contributed by atoms with Gasteiger partial charge in [-0.1, -0.05) is 13.3 Å².